The highest BCUT2D eigenvalue weighted by Gasteiger charge is 2.15. The fourth-order valence-corrected chi connectivity index (χ4v) is 2.55. The lowest BCUT2D eigenvalue weighted by Crippen LogP contribution is -2.14. The number of hydrogen-bond acceptors (Lipinski definition) is 2. The first-order valence-corrected chi connectivity index (χ1v) is 6.30. The number of thioether (sulfide) groups is 1. The first kappa shape index (κ1) is 12.6. The minimum absolute atomic E-state index is 0.0932. The summed E-state index contributed by atoms with van der Waals surface area (Å²) < 4.78 is 0. The summed E-state index contributed by atoms with van der Waals surface area (Å²) in [6, 6.07) is 7.74. The van der Waals surface area contributed by atoms with Gasteiger partial charge in [0.05, 0.1) is 0 Å². The van der Waals surface area contributed by atoms with Crippen molar-refractivity contribution >= 4 is 29.6 Å². The first-order chi connectivity index (χ1) is 7.17. The molecule has 1 rings (SSSR count). The summed E-state index contributed by atoms with van der Waals surface area (Å²) >= 11 is 7.55. The number of carbonyl (C=O) groups is 1. The molecule has 0 fully saturated rings. The molecule has 3 heteroatoms. The highest BCUT2D eigenvalue weighted by atomic mass is 35.5. The number of halogens is 1. The smallest absolute Gasteiger partial charge is 0.123 e. The van der Waals surface area contributed by atoms with Crippen LogP contribution in [-0.4, -0.2) is 11.5 Å². The largest absolute Gasteiger partial charge is 0.303 e. The fraction of sp³-hybridized carbons (Fsp3) is 0.417. The molecule has 0 N–H and O–H groups in total. The predicted octanol–water partition coefficient (Wildman–Crippen LogP) is 4.05. The molecule has 82 valence electrons. The lowest BCUT2D eigenvalue weighted by Gasteiger charge is -2.17. The zero-order valence-corrected chi connectivity index (χ0v) is 10.5. The predicted molar refractivity (Wildman–Crippen MR) is 66.6 cm³/mol. The van der Waals surface area contributed by atoms with Gasteiger partial charge in [-0.3, -0.25) is 0 Å². The first-order valence-electron chi connectivity index (χ1n) is 5.05. The Morgan fingerprint density at radius 3 is 2.47 bits per heavy atom. The van der Waals surface area contributed by atoms with Crippen molar-refractivity contribution in [3.8, 4) is 0 Å². The van der Waals surface area contributed by atoms with E-state index in [4.69, 9.17) is 11.6 Å². The zero-order valence-electron chi connectivity index (χ0n) is 8.94. The molecule has 0 heterocycles. The van der Waals surface area contributed by atoms with Gasteiger partial charge in [-0.05, 0) is 30.7 Å². The van der Waals surface area contributed by atoms with Crippen molar-refractivity contribution in [2.45, 2.75) is 30.4 Å². The van der Waals surface area contributed by atoms with Crippen LogP contribution in [0.4, 0.5) is 0 Å². The van der Waals surface area contributed by atoms with E-state index in [0.29, 0.717) is 5.25 Å². The van der Waals surface area contributed by atoms with E-state index in [9.17, 15) is 4.79 Å². The molecule has 0 aliphatic carbocycles. The van der Waals surface area contributed by atoms with E-state index in [0.717, 1.165) is 17.7 Å². The van der Waals surface area contributed by atoms with Crippen LogP contribution in [-0.2, 0) is 4.79 Å². The average molecular weight is 243 g/mol. The molecule has 1 aromatic carbocycles. The molecule has 1 aromatic rings. The molecule has 0 aromatic heterocycles. The number of hydrogen-bond donors (Lipinski definition) is 0. The third kappa shape index (κ3) is 3.88. The second-order valence-corrected chi connectivity index (χ2v) is 5.26. The fourth-order valence-electron chi connectivity index (χ4n) is 1.34. The van der Waals surface area contributed by atoms with Gasteiger partial charge in [0, 0.05) is 21.1 Å². The van der Waals surface area contributed by atoms with Crippen LogP contribution >= 0.6 is 23.4 Å². The molecule has 2 unspecified atom stereocenters. The molecule has 0 radical (unpaired) electrons. The van der Waals surface area contributed by atoms with Crippen molar-refractivity contribution in [1.29, 1.82) is 0 Å². The molecule has 0 spiro atoms. The van der Waals surface area contributed by atoms with Crippen molar-refractivity contribution < 1.29 is 4.79 Å². The van der Waals surface area contributed by atoms with Crippen molar-refractivity contribution in [2.75, 3.05) is 0 Å². The molecule has 1 nitrogen and oxygen atoms in total. The van der Waals surface area contributed by atoms with Crippen LogP contribution in [0.5, 0.6) is 0 Å². The van der Waals surface area contributed by atoms with Crippen molar-refractivity contribution in [1.82, 2.24) is 0 Å². The van der Waals surface area contributed by atoms with E-state index in [1.54, 1.807) is 11.8 Å². The summed E-state index contributed by atoms with van der Waals surface area (Å²) in [5.41, 5.74) is 0. The maximum atomic E-state index is 10.7. The van der Waals surface area contributed by atoms with Gasteiger partial charge in [0.25, 0.3) is 0 Å². The van der Waals surface area contributed by atoms with Crippen LogP contribution in [0, 0.1) is 5.92 Å². The Balaban J connectivity index is 2.66. The molecule has 2 atom stereocenters. The van der Waals surface area contributed by atoms with Gasteiger partial charge < -0.3 is 4.79 Å². The average Bonchev–Trinajstić information content (AvgIpc) is 2.27. The summed E-state index contributed by atoms with van der Waals surface area (Å²) in [6.07, 6.45) is 2.02. The van der Waals surface area contributed by atoms with Gasteiger partial charge in [-0.25, -0.2) is 0 Å². The number of rotatable bonds is 5. The van der Waals surface area contributed by atoms with Gasteiger partial charge in [0.15, 0.2) is 0 Å². The monoisotopic (exact) mass is 242 g/mol. The Labute approximate surface area is 100 Å². The molecular formula is C12H15ClOS. The molecule has 15 heavy (non-hydrogen) atoms. The van der Waals surface area contributed by atoms with Gasteiger partial charge in [-0.15, -0.1) is 11.8 Å². The molecule has 0 aliphatic rings. The van der Waals surface area contributed by atoms with Crippen molar-refractivity contribution in [3.63, 3.8) is 0 Å². The standard InChI is InChI=1S/C12H15ClOS/c1-3-12(9(2)8-14)15-11-6-4-10(13)5-7-11/h4-9,12H,3H2,1-2H3. The van der Waals surface area contributed by atoms with Crippen LogP contribution in [0.1, 0.15) is 20.3 Å². The summed E-state index contributed by atoms with van der Waals surface area (Å²) in [5.74, 6) is 0.0932. The van der Waals surface area contributed by atoms with Gasteiger partial charge in [-0.2, -0.15) is 0 Å². The van der Waals surface area contributed by atoms with Crippen LogP contribution in [0.25, 0.3) is 0 Å². The van der Waals surface area contributed by atoms with E-state index in [1.165, 1.54) is 4.90 Å². The Kier molecular flexibility index (Phi) is 5.20. The van der Waals surface area contributed by atoms with E-state index >= 15 is 0 Å². The summed E-state index contributed by atoms with van der Waals surface area (Å²) in [5, 5.41) is 1.10. The normalized spacial score (nSPS) is 14.6. The zero-order chi connectivity index (χ0) is 11.3. The quantitative estimate of drug-likeness (QED) is 0.573. The van der Waals surface area contributed by atoms with Crippen molar-refractivity contribution in [3.05, 3.63) is 29.3 Å². The van der Waals surface area contributed by atoms with Gasteiger partial charge >= 0.3 is 0 Å². The summed E-state index contributed by atoms with van der Waals surface area (Å²) in [6.45, 7) is 4.07. The Morgan fingerprint density at radius 1 is 1.40 bits per heavy atom. The highest BCUT2D eigenvalue weighted by Crippen LogP contribution is 2.30. The SMILES string of the molecule is CCC(Sc1ccc(Cl)cc1)C(C)C=O. The van der Waals surface area contributed by atoms with E-state index in [1.807, 2.05) is 31.2 Å². The van der Waals surface area contributed by atoms with Crippen LogP contribution in [0.2, 0.25) is 5.02 Å². The molecule has 0 saturated heterocycles. The second-order valence-electron chi connectivity index (χ2n) is 3.51. The van der Waals surface area contributed by atoms with Crippen LogP contribution < -0.4 is 0 Å². The molecular weight excluding hydrogens is 228 g/mol. The molecule has 0 aliphatic heterocycles. The highest BCUT2D eigenvalue weighted by molar-refractivity contribution is 8.00. The maximum absolute atomic E-state index is 10.7. The molecule has 0 amide bonds. The Morgan fingerprint density at radius 2 is 2.00 bits per heavy atom. The number of carbonyl (C=O) groups excluding carboxylic acids is 1. The minimum atomic E-state index is 0.0932. The lowest BCUT2D eigenvalue weighted by atomic mass is 10.1. The Hall–Kier alpha value is -0.470. The van der Waals surface area contributed by atoms with Gasteiger partial charge in [-0.1, -0.05) is 25.4 Å². The molecule has 0 saturated carbocycles. The van der Waals surface area contributed by atoms with E-state index < -0.39 is 0 Å². The van der Waals surface area contributed by atoms with Gasteiger partial charge in [0.2, 0.25) is 0 Å². The van der Waals surface area contributed by atoms with Crippen molar-refractivity contribution in [2.24, 2.45) is 5.92 Å². The van der Waals surface area contributed by atoms with Crippen LogP contribution in [0.3, 0.4) is 0 Å². The Bertz CT molecular complexity index is 310. The van der Waals surface area contributed by atoms with E-state index in [2.05, 4.69) is 6.92 Å². The van der Waals surface area contributed by atoms with E-state index in [-0.39, 0.29) is 5.92 Å². The summed E-state index contributed by atoms with van der Waals surface area (Å²) in [4.78, 5) is 11.9. The minimum Gasteiger partial charge on any atom is -0.303 e. The number of benzene rings is 1. The topological polar surface area (TPSA) is 17.1 Å². The maximum Gasteiger partial charge on any atom is 0.123 e. The van der Waals surface area contributed by atoms with Crippen LogP contribution in [0.15, 0.2) is 29.2 Å². The van der Waals surface area contributed by atoms with Gasteiger partial charge in [0.1, 0.15) is 6.29 Å². The lowest BCUT2D eigenvalue weighted by molar-refractivity contribution is -0.110. The summed E-state index contributed by atoms with van der Waals surface area (Å²) in [7, 11) is 0. The third-order valence-corrected chi connectivity index (χ3v) is 4.17. The molecule has 0 bridgehead atoms. The second kappa shape index (κ2) is 6.19. The third-order valence-electron chi connectivity index (χ3n) is 2.30. The number of aldehydes is 1.